The minimum atomic E-state index is 0.632. The first-order chi connectivity index (χ1) is 3.81. The first-order valence-electron chi connectivity index (χ1n) is 2.66. The summed E-state index contributed by atoms with van der Waals surface area (Å²) in [7, 11) is 0. The van der Waals surface area contributed by atoms with E-state index in [0.717, 1.165) is 5.70 Å². The number of hydrogen-bond donors (Lipinski definition) is 1. The fourth-order valence-electron chi connectivity index (χ4n) is 0.288. The molecule has 0 saturated heterocycles. The van der Waals surface area contributed by atoms with Crippen molar-refractivity contribution in [1.29, 1.82) is 0 Å². The Labute approximate surface area is 50.1 Å². The zero-order valence-electron chi connectivity index (χ0n) is 5.39. The highest BCUT2D eigenvalue weighted by atomic mass is 14.8. The van der Waals surface area contributed by atoms with Crippen LogP contribution in [0.1, 0.15) is 13.8 Å². The van der Waals surface area contributed by atoms with Crippen molar-refractivity contribution in [2.24, 2.45) is 10.7 Å². The molecule has 2 heteroatoms. The van der Waals surface area contributed by atoms with Crippen LogP contribution in [0.15, 0.2) is 16.8 Å². The van der Waals surface area contributed by atoms with Crippen LogP contribution in [-0.4, -0.2) is 12.8 Å². The lowest BCUT2D eigenvalue weighted by atomic mass is 10.4. The average Bonchev–Trinajstić information content (AvgIpc) is 1.83. The predicted molar refractivity (Wildman–Crippen MR) is 37.0 cm³/mol. The smallest absolute Gasteiger partial charge is 0.0776 e. The molecule has 46 valence electrons. The summed E-state index contributed by atoms with van der Waals surface area (Å²) in [5, 5.41) is 0. The van der Waals surface area contributed by atoms with E-state index in [4.69, 9.17) is 5.73 Å². The van der Waals surface area contributed by atoms with Gasteiger partial charge in [0, 0.05) is 5.70 Å². The van der Waals surface area contributed by atoms with Crippen molar-refractivity contribution in [3.8, 4) is 0 Å². The van der Waals surface area contributed by atoms with Crippen molar-refractivity contribution < 1.29 is 0 Å². The Morgan fingerprint density at radius 1 is 1.62 bits per heavy atom. The molecule has 0 aromatic carbocycles. The first kappa shape index (κ1) is 7.21. The van der Waals surface area contributed by atoms with Crippen molar-refractivity contribution in [3.05, 3.63) is 11.8 Å². The van der Waals surface area contributed by atoms with E-state index in [0.29, 0.717) is 6.54 Å². The summed E-state index contributed by atoms with van der Waals surface area (Å²) in [6, 6.07) is 0. The Bertz CT molecular complexity index is 103. The van der Waals surface area contributed by atoms with Crippen LogP contribution >= 0.6 is 0 Å². The molecule has 0 unspecified atom stereocenters. The summed E-state index contributed by atoms with van der Waals surface area (Å²) in [6.45, 7) is 4.41. The standard InChI is InChI=1S/C6H12N2/c1-3-6(7)5-8-4-2/h3-4H,5,7H2,1-2H3/b6-3+,8-4?. The molecule has 2 N–H and O–H groups in total. The van der Waals surface area contributed by atoms with Crippen molar-refractivity contribution in [2.75, 3.05) is 6.54 Å². The lowest BCUT2D eigenvalue weighted by molar-refractivity contribution is 1.10. The fraction of sp³-hybridized carbons (Fsp3) is 0.500. The second-order valence-electron chi connectivity index (χ2n) is 1.46. The Kier molecular flexibility index (Phi) is 3.94. The Hall–Kier alpha value is -0.790. The predicted octanol–water partition coefficient (Wildman–Crippen LogP) is 0.940. The molecule has 0 aliphatic rings. The molecule has 0 aliphatic heterocycles. The minimum absolute atomic E-state index is 0.632. The zero-order valence-corrected chi connectivity index (χ0v) is 5.39. The van der Waals surface area contributed by atoms with Crippen LogP contribution in [0.4, 0.5) is 0 Å². The van der Waals surface area contributed by atoms with Crippen LogP contribution < -0.4 is 5.73 Å². The summed E-state index contributed by atoms with van der Waals surface area (Å²) < 4.78 is 0. The van der Waals surface area contributed by atoms with Crippen LogP contribution in [0.25, 0.3) is 0 Å². The number of nitrogens with zero attached hydrogens (tertiary/aromatic N) is 1. The van der Waals surface area contributed by atoms with E-state index in [1.807, 2.05) is 19.9 Å². The fourth-order valence-corrected chi connectivity index (χ4v) is 0.288. The van der Waals surface area contributed by atoms with Gasteiger partial charge in [-0.2, -0.15) is 0 Å². The summed E-state index contributed by atoms with van der Waals surface area (Å²) in [5.74, 6) is 0. The van der Waals surface area contributed by atoms with Gasteiger partial charge in [0.15, 0.2) is 0 Å². The molecule has 2 nitrogen and oxygen atoms in total. The van der Waals surface area contributed by atoms with E-state index < -0.39 is 0 Å². The molecule has 0 bridgehead atoms. The highest BCUT2D eigenvalue weighted by Crippen LogP contribution is 1.81. The van der Waals surface area contributed by atoms with E-state index in [-0.39, 0.29) is 0 Å². The van der Waals surface area contributed by atoms with Gasteiger partial charge in [0.25, 0.3) is 0 Å². The van der Waals surface area contributed by atoms with Crippen LogP contribution in [0, 0.1) is 0 Å². The molecule has 0 heterocycles. The van der Waals surface area contributed by atoms with E-state index in [9.17, 15) is 0 Å². The normalized spacial score (nSPS) is 13.0. The third-order valence-corrected chi connectivity index (χ3v) is 0.827. The van der Waals surface area contributed by atoms with Crippen molar-refractivity contribution in [3.63, 3.8) is 0 Å². The van der Waals surface area contributed by atoms with Gasteiger partial charge in [0.1, 0.15) is 0 Å². The summed E-state index contributed by atoms with van der Waals surface area (Å²) in [4.78, 5) is 3.92. The molecular formula is C6H12N2. The van der Waals surface area contributed by atoms with E-state index in [1.165, 1.54) is 0 Å². The maximum atomic E-state index is 5.41. The largest absolute Gasteiger partial charge is 0.401 e. The van der Waals surface area contributed by atoms with Gasteiger partial charge < -0.3 is 5.73 Å². The molecule has 0 aromatic rings. The van der Waals surface area contributed by atoms with Gasteiger partial charge in [-0.3, -0.25) is 4.99 Å². The van der Waals surface area contributed by atoms with Gasteiger partial charge in [-0.15, -0.1) is 0 Å². The Balaban J connectivity index is 3.40. The van der Waals surface area contributed by atoms with Gasteiger partial charge >= 0.3 is 0 Å². The quantitative estimate of drug-likeness (QED) is 0.530. The van der Waals surface area contributed by atoms with Gasteiger partial charge in [-0.1, -0.05) is 6.08 Å². The summed E-state index contributed by atoms with van der Waals surface area (Å²) in [6.07, 6.45) is 3.60. The van der Waals surface area contributed by atoms with Gasteiger partial charge in [-0.05, 0) is 20.1 Å². The van der Waals surface area contributed by atoms with Crippen molar-refractivity contribution in [1.82, 2.24) is 0 Å². The molecule has 0 atom stereocenters. The monoisotopic (exact) mass is 112 g/mol. The van der Waals surface area contributed by atoms with Gasteiger partial charge in [0.2, 0.25) is 0 Å². The maximum Gasteiger partial charge on any atom is 0.0776 e. The number of hydrogen-bond acceptors (Lipinski definition) is 2. The molecule has 0 aromatic heterocycles. The zero-order chi connectivity index (χ0) is 6.41. The summed E-state index contributed by atoms with van der Waals surface area (Å²) >= 11 is 0. The number of allylic oxidation sites excluding steroid dienone is 1. The van der Waals surface area contributed by atoms with Crippen molar-refractivity contribution >= 4 is 6.21 Å². The highest BCUT2D eigenvalue weighted by Gasteiger charge is 1.78. The van der Waals surface area contributed by atoms with E-state index in [2.05, 4.69) is 4.99 Å². The Morgan fingerprint density at radius 3 is 2.62 bits per heavy atom. The molecule has 8 heavy (non-hydrogen) atoms. The molecule has 0 saturated carbocycles. The molecule has 0 amide bonds. The van der Waals surface area contributed by atoms with Crippen LogP contribution in [0.2, 0.25) is 0 Å². The summed E-state index contributed by atoms with van der Waals surface area (Å²) in [5.41, 5.74) is 6.23. The maximum absolute atomic E-state index is 5.41. The van der Waals surface area contributed by atoms with Crippen LogP contribution in [-0.2, 0) is 0 Å². The second kappa shape index (κ2) is 4.37. The topological polar surface area (TPSA) is 38.4 Å². The Morgan fingerprint density at radius 2 is 2.25 bits per heavy atom. The molecule has 0 fully saturated rings. The molecule has 0 rings (SSSR count). The average molecular weight is 112 g/mol. The molecular weight excluding hydrogens is 100 g/mol. The highest BCUT2D eigenvalue weighted by molar-refractivity contribution is 5.53. The SMILES string of the molecule is CC=NC/C(N)=C\C. The lowest BCUT2D eigenvalue weighted by Crippen LogP contribution is -1.99. The molecule has 0 radical (unpaired) electrons. The first-order valence-corrected chi connectivity index (χ1v) is 2.66. The van der Waals surface area contributed by atoms with E-state index >= 15 is 0 Å². The third kappa shape index (κ3) is 3.40. The van der Waals surface area contributed by atoms with Gasteiger partial charge in [0.05, 0.1) is 6.54 Å². The second-order valence-corrected chi connectivity index (χ2v) is 1.46. The van der Waals surface area contributed by atoms with Crippen molar-refractivity contribution in [2.45, 2.75) is 13.8 Å². The molecule has 0 spiro atoms. The minimum Gasteiger partial charge on any atom is -0.401 e. The number of rotatable bonds is 2. The third-order valence-electron chi connectivity index (χ3n) is 0.827. The van der Waals surface area contributed by atoms with Crippen LogP contribution in [0.5, 0.6) is 0 Å². The van der Waals surface area contributed by atoms with Crippen LogP contribution in [0.3, 0.4) is 0 Å². The number of nitrogens with two attached hydrogens (primary N) is 1. The number of aliphatic imine (C=N–C) groups is 1. The van der Waals surface area contributed by atoms with E-state index in [1.54, 1.807) is 6.21 Å². The van der Waals surface area contributed by atoms with Gasteiger partial charge in [-0.25, -0.2) is 0 Å². The molecule has 0 aliphatic carbocycles. The lowest BCUT2D eigenvalue weighted by Gasteiger charge is -1.89.